The van der Waals surface area contributed by atoms with Crippen LogP contribution in [0, 0.1) is 5.82 Å². The van der Waals surface area contributed by atoms with E-state index in [1.807, 2.05) is 0 Å². The normalized spacial score (nSPS) is 11.2. The fraction of sp³-hybridized carbons (Fsp3) is 0. The molecule has 0 saturated carbocycles. The van der Waals surface area contributed by atoms with E-state index in [1.165, 1.54) is 36.7 Å². The number of sulfonamides is 1. The van der Waals surface area contributed by atoms with E-state index in [4.69, 9.17) is 4.74 Å². The molecule has 2 aromatic heterocycles. The minimum absolute atomic E-state index is 0.0192. The predicted octanol–water partition coefficient (Wildman–Crippen LogP) is 4.03. The van der Waals surface area contributed by atoms with Crippen molar-refractivity contribution in [3.63, 3.8) is 0 Å². The van der Waals surface area contributed by atoms with Gasteiger partial charge in [0.05, 0.1) is 21.9 Å². The van der Waals surface area contributed by atoms with Gasteiger partial charge in [-0.3, -0.25) is 4.72 Å². The molecule has 0 fully saturated rings. The van der Waals surface area contributed by atoms with Gasteiger partial charge in [0, 0.05) is 0 Å². The summed E-state index contributed by atoms with van der Waals surface area (Å²) in [5.41, 5.74) is 0.167. The minimum atomic E-state index is -3.71. The summed E-state index contributed by atoms with van der Waals surface area (Å²) >= 11 is 4.29. The fourth-order valence-corrected chi connectivity index (χ4v) is 4.73. The van der Waals surface area contributed by atoms with Crippen LogP contribution in [-0.4, -0.2) is 18.4 Å². The lowest BCUT2D eigenvalue weighted by molar-refractivity contribution is 0.411. The van der Waals surface area contributed by atoms with E-state index in [0.717, 1.165) is 11.3 Å². The minimum Gasteiger partial charge on any atom is -0.421 e. The summed E-state index contributed by atoms with van der Waals surface area (Å²) in [7, 11) is -3.71. The first kappa shape index (κ1) is 16.8. The van der Waals surface area contributed by atoms with Crippen molar-refractivity contribution in [3.05, 3.63) is 58.4 Å². The summed E-state index contributed by atoms with van der Waals surface area (Å²) in [5.74, 6) is -0.566. The van der Waals surface area contributed by atoms with Crippen molar-refractivity contribution in [3.8, 4) is 11.8 Å². The second-order valence-electron chi connectivity index (χ2n) is 4.45. The van der Waals surface area contributed by atoms with Gasteiger partial charge in [-0.1, -0.05) is 12.1 Å². The van der Waals surface area contributed by atoms with Gasteiger partial charge < -0.3 is 4.74 Å². The van der Waals surface area contributed by atoms with Crippen molar-refractivity contribution in [2.75, 3.05) is 4.72 Å². The number of nitrogens with one attached hydrogen (secondary N) is 1. The summed E-state index contributed by atoms with van der Waals surface area (Å²) in [6.07, 6.45) is 2.48. The van der Waals surface area contributed by atoms with Crippen LogP contribution in [-0.2, 0) is 10.0 Å². The zero-order valence-corrected chi connectivity index (χ0v) is 15.0. The van der Waals surface area contributed by atoms with E-state index < -0.39 is 15.8 Å². The Morgan fingerprint density at radius 2 is 1.83 bits per heavy atom. The van der Waals surface area contributed by atoms with Crippen LogP contribution in [0.15, 0.2) is 56.8 Å². The van der Waals surface area contributed by atoms with Crippen molar-refractivity contribution in [1.29, 1.82) is 0 Å². The molecule has 124 valence electrons. The summed E-state index contributed by atoms with van der Waals surface area (Å²) in [6, 6.07) is 8.85. The Morgan fingerprint density at radius 1 is 1.12 bits per heavy atom. The molecule has 3 aromatic rings. The number of hydrogen-bond donors (Lipinski definition) is 1. The third kappa shape index (κ3) is 3.89. The smallest absolute Gasteiger partial charge is 0.322 e. The van der Waals surface area contributed by atoms with E-state index in [-0.39, 0.29) is 21.7 Å². The van der Waals surface area contributed by atoms with Crippen LogP contribution in [0.5, 0.6) is 11.8 Å². The molecule has 3 rings (SSSR count). The Labute approximate surface area is 149 Å². The topological polar surface area (TPSA) is 81.2 Å². The SMILES string of the molecule is O=S(=O)(Nc1cnc(Oc2ccccc2F)nc1)c1ccc(Br)s1. The van der Waals surface area contributed by atoms with Gasteiger partial charge in [-0.2, -0.15) is 0 Å². The highest BCUT2D eigenvalue weighted by Crippen LogP contribution is 2.27. The Balaban J connectivity index is 1.74. The van der Waals surface area contributed by atoms with E-state index in [0.29, 0.717) is 3.79 Å². The molecule has 0 aliphatic heterocycles. The maximum Gasteiger partial charge on any atom is 0.322 e. The van der Waals surface area contributed by atoms with Crippen molar-refractivity contribution in [1.82, 2.24) is 9.97 Å². The van der Waals surface area contributed by atoms with E-state index in [1.54, 1.807) is 12.1 Å². The molecule has 0 amide bonds. The van der Waals surface area contributed by atoms with Gasteiger partial charge in [-0.05, 0) is 40.2 Å². The summed E-state index contributed by atoms with van der Waals surface area (Å²) < 4.78 is 46.3. The Morgan fingerprint density at radius 3 is 2.46 bits per heavy atom. The summed E-state index contributed by atoms with van der Waals surface area (Å²) in [6.45, 7) is 0. The largest absolute Gasteiger partial charge is 0.421 e. The average Bonchev–Trinajstić information content (AvgIpc) is 2.99. The number of halogens is 2. The number of anilines is 1. The Bertz CT molecular complexity index is 961. The lowest BCUT2D eigenvalue weighted by atomic mass is 10.3. The molecule has 0 unspecified atom stereocenters. The number of ether oxygens (including phenoxy) is 1. The quantitative estimate of drug-likeness (QED) is 0.661. The fourth-order valence-electron chi connectivity index (χ4n) is 1.70. The molecule has 0 atom stereocenters. The molecule has 0 bridgehead atoms. The number of hydrogen-bond acceptors (Lipinski definition) is 6. The van der Waals surface area contributed by atoms with Gasteiger partial charge in [0.2, 0.25) is 0 Å². The highest BCUT2D eigenvalue weighted by molar-refractivity contribution is 9.11. The molecule has 1 aromatic carbocycles. The third-order valence-electron chi connectivity index (χ3n) is 2.73. The predicted molar refractivity (Wildman–Crippen MR) is 91.3 cm³/mol. The second kappa shape index (κ2) is 6.83. The molecule has 0 radical (unpaired) electrons. The third-order valence-corrected chi connectivity index (χ3v) is 6.23. The molecule has 0 aliphatic carbocycles. The van der Waals surface area contributed by atoms with E-state index in [2.05, 4.69) is 30.6 Å². The number of benzene rings is 1. The van der Waals surface area contributed by atoms with Crippen molar-refractivity contribution in [2.45, 2.75) is 4.21 Å². The maximum atomic E-state index is 13.5. The molecule has 0 spiro atoms. The van der Waals surface area contributed by atoms with Crippen LogP contribution < -0.4 is 9.46 Å². The number of rotatable bonds is 5. The lowest BCUT2D eigenvalue weighted by Crippen LogP contribution is -2.12. The van der Waals surface area contributed by atoms with Gasteiger partial charge in [-0.25, -0.2) is 22.8 Å². The van der Waals surface area contributed by atoms with Crippen LogP contribution in [0.2, 0.25) is 0 Å². The molecule has 10 heteroatoms. The van der Waals surface area contributed by atoms with Gasteiger partial charge in [-0.15, -0.1) is 11.3 Å². The van der Waals surface area contributed by atoms with Crippen LogP contribution in [0.4, 0.5) is 10.1 Å². The monoisotopic (exact) mass is 429 g/mol. The summed E-state index contributed by atoms with van der Waals surface area (Å²) in [4.78, 5) is 7.73. The first-order valence-electron chi connectivity index (χ1n) is 6.47. The molecule has 6 nitrogen and oxygen atoms in total. The second-order valence-corrected chi connectivity index (χ2v) is 8.82. The first-order valence-corrected chi connectivity index (χ1v) is 9.56. The Hall–Kier alpha value is -2.04. The zero-order chi connectivity index (χ0) is 17.2. The van der Waals surface area contributed by atoms with Gasteiger partial charge in [0.15, 0.2) is 11.6 Å². The number of nitrogens with zero attached hydrogens (tertiary/aromatic N) is 2. The van der Waals surface area contributed by atoms with Crippen LogP contribution >= 0.6 is 27.3 Å². The van der Waals surface area contributed by atoms with Gasteiger partial charge in [0.25, 0.3) is 10.0 Å². The molecule has 2 heterocycles. The summed E-state index contributed by atoms with van der Waals surface area (Å²) in [5, 5.41) is 0. The molecule has 0 aliphatic rings. The highest BCUT2D eigenvalue weighted by Gasteiger charge is 2.17. The molecule has 1 N–H and O–H groups in total. The average molecular weight is 430 g/mol. The van der Waals surface area contributed by atoms with Crippen molar-refractivity contribution < 1.29 is 17.5 Å². The molecular formula is C14H9BrFN3O3S2. The van der Waals surface area contributed by atoms with Crippen LogP contribution in [0.1, 0.15) is 0 Å². The van der Waals surface area contributed by atoms with E-state index >= 15 is 0 Å². The molecule has 24 heavy (non-hydrogen) atoms. The van der Waals surface area contributed by atoms with Crippen LogP contribution in [0.3, 0.4) is 0 Å². The number of para-hydroxylation sites is 1. The van der Waals surface area contributed by atoms with Crippen molar-refractivity contribution in [2.24, 2.45) is 0 Å². The zero-order valence-electron chi connectivity index (χ0n) is 11.8. The number of aromatic nitrogens is 2. The van der Waals surface area contributed by atoms with Crippen molar-refractivity contribution >= 4 is 43.0 Å². The number of thiophene rings is 1. The van der Waals surface area contributed by atoms with Crippen LogP contribution in [0.25, 0.3) is 0 Å². The Kier molecular flexibility index (Phi) is 4.78. The lowest BCUT2D eigenvalue weighted by Gasteiger charge is -2.07. The van der Waals surface area contributed by atoms with E-state index in [9.17, 15) is 12.8 Å². The first-order chi connectivity index (χ1) is 11.4. The highest BCUT2D eigenvalue weighted by atomic mass is 79.9. The molecular weight excluding hydrogens is 421 g/mol. The van der Waals surface area contributed by atoms with Gasteiger partial charge >= 0.3 is 6.01 Å². The molecule has 0 saturated heterocycles. The van der Waals surface area contributed by atoms with Gasteiger partial charge in [0.1, 0.15) is 4.21 Å². The standard InChI is InChI=1S/C14H9BrFN3O3S2/c15-12-5-6-13(23-12)24(20,21)19-9-7-17-14(18-8-9)22-11-4-2-1-3-10(11)16/h1-8,19H. The maximum absolute atomic E-state index is 13.5.